The minimum Gasteiger partial charge on any atom is -0.508 e. The van der Waals surface area contributed by atoms with Gasteiger partial charge in [-0.05, 0) is 31.0 Å². The second kappa shape index (κ2) is 13.0. The third-order valence-corrected chi connectivity index (χ3v) is 5.72. The number of phenolic OH excluding ortho intramolecular Hbond substituents is 1. The molecule has 0 bridgehead atoms. The van der Waals surface area contributed by atoms with E-state index >= 15 is 0 Å². The summed E-state index contributed by atoms with van der Waals surface area (Å²) in [5, 5.41) is 36.4. The van der Waals surface area contributed by atoms with Gasteiger partial charge in [-0.2, -0.15) is 0 Å². The lowest BCUT2D eigenvalue weighted by atomic mass is 10.1. The maximum Gasteiger partial charge on any atom is 0.124 e. The van der Waals surface area contributed by atoms with Crippen molar-refractivity contribution in [1.82, 2.24) is 10.6 Å². The molecule has 0 saturated heterocycles. The van der Waals surface area contributed by atoms with Crippen LogP contribution in [0.3, 0.4) is 0 Å². The first-order valence-electron chi connectivity index (χ1n) is 11.3. The van der Waals surface area contributed by atoms with Gasteiger partial charge in [0.1, 0.15) is 17.6 Å². The fraction of sp³-hybridized carbons (Fsp3) is 0.333. The molecule has 176 valence electrons. The lowest BCUT2D eigenvalue weighted by Gasteiger charge is -2.26. The van der Waals surface area contributed by atoms with Crippen LogP contribution in [-0.4, -0.2) is 46.7 Å². The highest BCUT2D eigenvalue weighted by Gasteiger charge is 2.19. The van der Waals surface area contributed by atoms with Gasteiger partial charge in [-0.25, -0.2) is 0 Å². The largest absolute Gasteiger partial charge is 0.508 e. The average molecular weight is 451 g/mol. The Morgan fingerprint density at radius 2 is 1.39 bits per heavy atom. The van der Waals surface area contributed by atoms with Crippen LogP contribution in [0.4, 0.5) is 0 Å². The zero-order valence-corrected chi connectivity index (χ0v) is 19.0. The topological polar surface area (TPSA) is 94.0 Å². The van der Waals surface area contributed by atoms with Gasteiger partial charge in [0.15, 0.2) is 0 Å². The summed E-state index contributed by atoms with van der Waals surface area (Å²) in [4.78, 5) is 0. The van der Waals surface area contributed by atoms with Crippen molar-refractivity contribution < 1.29 is 20.1 Å². The highest BCUT2D eigenvalue weighted by molar-refractivity contribution is 5.34. The highest BCUT2D eigenvalue weighted by atomic mass is 16.5. The molecule has 6 heteroatoms. The predicted molar refractivity (Wildman–Crippen MR) is 130 cm³/mol. The van der Waals surface area contributed by atoms with Crippen LogP contribution in [0.5, 0.6) is 11.5 Å². The van der Waals surface area contributed by atoms with Crippen molar-refractivity contribution in [2.75, 3.05) is 13.2 Å². The summed E-state index contributed by atoms with van der Waals surface area (Å²) in [7, 11) is 0. The van der Waals surface area contributed by atoms with E-state index in [2.05, 4.69) is 22.8 Å². The minimum atomic E-state index is -0.311. The van der Waals surface area contributed by atoms with Crippen LogP contribution in [0.1, 0.15) is 23.6 Å². The number of aliphatic hydroxyl groups is 2. The predicted octanol–water partition coefficient (Wildman–Crippen LogP) is 3.00. The van der Waals surface area contributed by atoms with Gasteiger partial charge in [-0.3, -0.25) is 0 Å². The Morgan fingerprint density at radius 3 is 2.09 bits per heavy atom. The maximum atomic E-state index is 9.97. The summed E-state index contributed by atoms with van der Waals surface area (Å²) in [6, 6.07) is 24.6. The number of rotatable bonds is 13. The molecule has 0 amide bonds. The SMILES string of the molecule is CC(Oc1ccccc1CN[C@H](CO)Cc1ccccc1)[C@@H](CO)NCc1ccccc1O. The summed E-state index contributed by atoms with van der Waals surface area (Å²) in [6.07, 6.45) is 0.430. The number of nitrogens with one attached hydrogen (secondary N) is 2. The molecular formula is C27H34N2O4. The zero-order valence-electron chi connectivity index (χ0n) is 19.0. The van der Waals surface area contributed by atoms with Crippen molar-refractivity contribution in [2.24, 2.45) is 0 Å². The molecule has 0 aliphatic carbocycles. The lowest BCUT2D eigenvalue weighted by Crippen LogP contribution is -2.44. The van der Waals surface area contributed by atoms with Crippen molar-refractivity contribution in [3.05, 3.63) is 95.6 Å². The number of phenols is 1. The van der Waals surface area contributed by atoms with Crippen LogP contribution in [0.25, 0.3) is 0 Å². The van der Waals surface area contributed by atoms with Crippen LogP contribution in [0.2, 0.25) is 0 Å². The lowest BCUT2D eigenvalue weighted by molar-refractivity contribution is 0.119. The number of hydrogen-bond donors (Lipinski definition) is 5. The quantitative estimate of drug-likeness (QED) is 0.275. The molecule has 5 N–H and O–H groups in total. The molecule has 0 fully saturated rings. The number of para-hydroxylation sites is 2. The van der Waals surface area contributed by atoms with Crippen molar-refractivity contribution in [3.8, 4) is 11.5 Å². The van der Waals surface area contributed by atoms with Gasteiger partial charge in [0.25, 0.3) is 0 Å². The normalized spacial score (nSPS) is 13.9. The first-order valence-corrected chi connectivity index (χ1v) is 11.3. The van der Waals surface area contributed by atoms with Gasteiger partial charge in [0.05, 0.1) is 19.3 Å². The molecule has 3 aromatic rings. The average Bonchev–Trinajstić information content (AvgIpc) is 2.84. The van der Waals surface area contributed by atoms with Crippen LogP contribution < -0.4 is 15.4 Å². The monoisotopic (exact) mass is 450 g/mol. The van der Waals surface area contributed by atoms with E-state index in [-0.39, 0.29) is 37.2 Å². The molecule has 3 atom stereocenters. The minimum absolute atomic E-state index is 0.0388. The van der Waals surface area contributed by atoms with E-state index in [0.717, 1.165) is 23.3 Å². The van der Waals surface area contributed by atoms with E-state index in [1.54, 1.807) is 12.1 Å². The van der Waals surface area contributed by atoms with Crippen molar-refractivity contribution in [1.29, 1.82) is 0 Å². The van der Waals surface area contributed by atoms with Gasteiger partial charge in [-0.15, -0.1) is 0 Å². The molecule has 3 rings (SSSR count). The van der Waals surface area contributed by atoms with Crippen LogP contribution in [0, 0.1) is 0 Å². The Kier molecular flexibility index (Phi) is 9.72. The molecule has 0 saturated carbocycles. The number of aliphatic hydroxyl groups excluding tert-OH is 2. The molecule has 0 aromatic heterocycles. The first-order chi connectivity index (χ1) is 16.1. The molecule has 3 aromatic carbocycles. The second-order valence-corrected chi connectivity index (χ2v) is 8.18. The van der Waals surface area contributed by atoms with E-state index in [0.29, 0.717) is 13.1 Å². The van der Waals surface area contributed by atoms with E-state index in [1.165, 1.54) is 5.56 Å². The smallest absolute Gasteiger partial charge is 0.124 e. The Labute approximate surface area is 195 Å². The molecule has 33 heavy (non-hydrogen) atoms. The summed E-state index contributed by atoms with van der Waals surface area (Å²) in [5.74, 6) is 0.956. The third-order valence-electron chi connectivity index (χ3n) is 5.72. The zero-order chi connectivity index (χ0) is 23.5. The van der Waals surface area contributed by atoms with Gasteiger partial charge in [0.2, 0.25) is 0 Å². The van der Waals surface area contributed by atoms with Crippen LogP contribution in [0.15, 0.2) is 78.9 Å². The second-order valence-electron chi connectivity index (χ2n) is 8.18. The number of ether oxygens (including phenoxy) is 1. The number of hydrogen-bond acceptors (Lipinski definition) is 6. The molecule has 1 unspecified atom stereocenters. The van der Waals surface area contributed by atoms with Gasteiger partial charge in [-0.1, -0.05) is 66.7 Å². The van der Waals surface area contributed by atoms with Gasteiger partial charge in [0, 0.05) is 30.3 Å². The molecular weight excluding hydrogens is 416 g/mol. The summed E-state index contributed by atoms with van der Waals surface area (Å²) in [5.41, 5.74) is 2.91. The maximum absolute atomic E-state index is 9.97. The summed E-state index contributed by atoms with van der Waals surface area (Å²) < 4.78 is 6.21. The molecule has 0 aliphatic heterocycles. The van der Waals surface area contributed by atoms with Crippen molar-refractivity contribution in [3.63, 3.8) is 0 Å². The summed E-state index contributed by atoms with van der Waals surface area (Å²) in [6.45, 7) is 2.83. The Bertz CT molecular complexity index is 967. The molecule has 0 heterocycles. The van der Waals surface area contributed by atoms with Crippen molar-refractivity contribution >= 4 is 0 Å². The van der Waals surface area contributed by atoms with Gasteiger partial charge < -0.3 is 30.7 Å². The van der Waals surface area contributed by atoms with E-state index in [4.69, 9.17) is 4.74 Å². The third kappa shape index (κ3) is 7.58. The summed E-state index contributed by atoms with van der Waals surface area (Å²) >= 11 is 0. The highest BCUT2D eigenvalue weighted by Crippen LogP contribution is 2.21. The molecule has 0 aliphatic rings. The molecule has 0 spiro atoms. The van der Waals surface area contributed by atoms with E-state index < -0.39 is 0 Å². The fourth-order valence-corrected chi connectivity index (χ4v) is 3.68. The van der Waals surface area contributed by atoms with Gasteiger partial charge >= 0.3 is 0 Å². The number of benzene rings is 3. The van der Waals surface area contributed by atoms with E-state index in [9.17, 15) is 15.3 Å². The van der Waals surface area contributed by atoms with Crippen molar-refractivity contribution in [2.45, 2.75) is 44.6 Å². The van der Waals surface area contributed by atoms with Crippen LogP contribution >= 0.6 is 0 Å². The van der Waals surface area contributed by atoms with E-state index in [1.807, 2.05) is 61.5 Å². The first kappa shape index (κ1) is 24.7. The fourth-order valence-electron chi connectivity index (χ4n) is 3.68. The Balaban J connectivity index is 1.58. The standard InChI is InChI=1S/C27H34N2O4/c1-20(25(19-31)29-16-22-11-5-7-13-26(22)32)33-27-14-8-6-12-23(27)17-28-24(18-30)15-21-9-3-2-4-10-21/h2-14,20,24-25,28-32H,15-19H2,1H3/t20?,24-,25+/m0/s1. The number of aromatic hydroxyl groups is 1. The molecule has 0 radical (unpaired) electrons. The Hall–Kier alpha value is -2.90. The Morgan fingerprint density at radius 1 is 0.758 bits per heavy atom. The molecule has 6 nitrogen and oxygen atoms in total. The van der Waals surface area contributed by atoms with Crippen LogP contribution in [-0.2, 0) is 19.5 Å².